The molecule has 1 atom stereocenters. The monoisotopic (exact) mass is 473 g/mol. The molecule has 1 heterocycles. The van der Waals surface area contributed by atoms with Crippen LogP contribution in [0.15, 0.2) is 35.7 Å². The van der Waals surface area contributed by atoms with Crippen molar-refractivity contribution in [1.82, 2.24) is 10.3 Å². The van der Waals surface area contributed by atoms with Gasteiger partial charge in [0.25, 0.3) is 0 Å². The van der Waals surface area contributed by atoms with E-state index < -0.39 is 17.7 Å². The molecule has 2 amide bonds. The number of hydrogen-bond acceptors (Lipinski definition) is 6. The summed E-state index contributed by atoms with van der Waals surface area (Å²) in [6, 6.07) is 9.07. The van der Waals surface area contributed by atoms with Crippen molar-refractivity contribution < 1.29 is 14.3 Å². The van der Waals surface area contributed by atoms with Gasteiger partial charge in [-0.25, -0.2) is 9.78 Å². The molecule has 0 aliphatic rings. The van der Waals surface area contributed by atoms with Gasteiger partial charge in [0.15, 0.2) is 5.13 Å². The average molecular weight is 474 g/mol. The lowest BCUT2D eigenvalue weighted by molar-refractivity contribution is -0.118. The van der Waals surface area contributed by atoms with E-state index in [0.29, 0.717) is 11.6 Å². The molecule has 0 saturated carbocycles. The highest BCUT2D eigenvalue weighted by Crippen LogP contribution is 2.24. The Labute approximate surface area is 196 Å². The molecule has 6 nitrogen and oxygen atoms in total. The van der Waals surface area contributed by atoms with E-state index in [-0.39, 0.29) is 34.3 Å². The molecule has 2 aromatic rings. The van der Waals surface area contributed by atoms with Crippen LogP contribution in [0.3, 0.4) is 0 Å². The summed E-state index contributed by atoms with van der Waals surface area (Å²) >= 11 is 2.96. The fourth-order valence-electron chi connectivity index (χ4n) is 2.22. The molecule has 2 rings (SSSR count). The molecule has 2 N–H and O–H groups in total. The van der Waals surface area contributed by atoms with Crippen molar-refractivity contribution in [3.8, 4) is 11.3 Å². The molecule has 0 unspecified atom stereocenters. The Kier molecular flexibility index (Phi) is 14.6. The van der Waals surface area contributed by atoms with Gasteiger partial charge in [0.1, 0.15) is 11.6 Å². The second kappa shape index (κ2) is 14.3. The van der Waals surface area contributed by atoms with Crippen LogP contribution in [0.5, 0.6) is 0 Å². The lowest BCUT2D eigenvalue weighted by Crippen LogP contribution is -2.46. The van der Waals surface area contributed by atoms with E-state index in [1.54, 1.807) is 32.5 Å². The van der Waals surface area contributed by atoms with E-state index in [4.69, 9.17) is 4.74 Å². The van der Waals surface area contributed by atoms with Crippen LogP contribution in [-0.4, -0.2) is 40.6 Å². The van der Waals surface area contributed by atoms with Crippen LogP contribution in [0.25, 0.3) is 11.3 Å². The van der Waals surface area contributed by atoms with Crippen molar-refractivity contribution in [2.24, 2.45) is 0 Å². The number of ether oxygens (including phenoxy) is 1. The Morgan fingerprint density at radius 1 is 1.20 bits per heavy atom. The summed E-state index contributed by atoms with van der Waals surface area (Å²) < 4.78 is 5.26. The number of thioether (sulfide) groups is 1. The van der Waals surface area contributed by atoms with Gasteiger partial charge in [0, 0.05) is 10.9 Å². The molecule has 0 saturated heterocycles. The van der Waals surface area contributed by atoms with Crippen molar-refractivity contribution >= 4 is 53.7 Å². The Bertz CT molecular complexity index is 762. The number of carbonyl (C=O) groups excluding carboxylic acids is 2. The van der Waals surface area contributed by atoms with Gasteiger partial charge >= 0.3 is 6.09 Å². The molecule has 9 heteroatoms. The normalized spacial score (nSPS) is 11.1. The van der Waals surface area contributed by atoms with Crippen molar-refractivity contribution in [1.29, 1.82) is 0 Å². The average Bonchev–Trinajstić information content (AvgIpc) is 3.06. The zero-order chi connectivity index (χ0) is 19.9. The van der Waals surface area contributed by atoms with Crippen molar-refractivity contribution in [3.63, 3.8) is 0 Å². The van der Waals surface area contributed by atoms with Gasteiger partial charge in [0.05, 0.1) is 5.69 Å². The maximum Gasteiger partial charge on any atom is 0.408 e. The largest absolute Gasteiger partial charge is 0.444 e. The van der Waals surface area contributed by atoms with Gasteiger partial charge < -0.3 is 15.4 Å². The van der Waals surface area contributed by atoms with Crippen LogP contribution in [0, 0.1) is 0 Å². The third-order valence-corrected chi connectivity index (χ3v) is 4.82. The summed E-state index contributed by atoms with van der Waals surface area (Å²) in [6.07, 6.45) is 1.85. The summed E-state index contributed by atoms with van der Waals surface area (Å²) in [5.41, 5.74) is 1.17. The number of benzene rings is 1. The Morgan fingerprint density at radius 2 is 1.83 bits per heavy atom. The van der Waals surface area contributed by atoms with E-state index in [1.165, 1.54) is 11.3 Å². The number of aromatic nitrogens is 1. The van der Waals surface area contributed by atoms with E-state index in [2.05, 4.69) is 15.6 Å². The lowest BCUT2D eigenvalue weighted by atomic mass is 10.2. The molecule has 0 bridgehead atoms. The van der Waals surface area contributed by atoms with E-state index in [1.807, 2.05) is 42.0 Å². The van der Waals surface area contributed by atoms with Gasteiger partial charge in [-0.15, -0.1) is 11.3 Å². The molecule has 0 aliphatic carbocycles. The van der Waals surface area contributed by atoms with Crippen LogP contribution in [0.2, 0.25) is 0 Å². The predicted molar refractivity (Wildman–Crippen MR) is 136 cm³/mol. The van der Waals surface area contributed by atoms with Gasteiger partial charge in [0.2, 0.25) is 5.91 Å². The standard InChI is InChI=1S/C19H25N3O3S2.2CH4.H2S/c1-19(2,3)25-18(24)21-14(10-11-26-4)16(23)22-17-20-15(12-27-17)13-8-6-5-7-9-13;;;/h5-9,12,14H,10-11H2,1-4H3,(H,21,24)(H,20,22,23);2*1H4;1H2/t14-;;;/m0.../s1. The third kappa shape index (κ3) is 10.4. The minimum Gasteiger partial charge on any atom is -0.444 e. The van der Waals surface area contributed by atoms with Crippen LogP contribution < -0.4 is 10.6 Å². The van der Waals surface area contributed by atoms with Crippen molar-refractivity contribution in [2.45, 2.75) is 53.7 Å². The molecule has 0 radical (unpaired) electrons. The molecule has 30 heavy (non-hydrogen) atoms. The minimum absolute atomic E-state index is 0. The highest BCUT2D eigenvalue weighted by atomic mass is 32.2. The SMILES string of the molecule is C.C.CSCC[C@H](NC(=O)OC(C)(C)C)C(=O)Nc1nc(-c2ccccc2)cs1.S. The fourth-order valence-corrected chi connectivity index (χ4v) is 3.41. The second-order valence-corrected chi connectivity index (χ2v) is 8.72. The first-order valence-electron chi connectivity index (χ1n) is 8.59. The summed E-state index contributed by atoms with van der Waals surface area (Å²) in [4.78, 5) is 29.1. The molecular formula is C21H35N3O3S3. The van der Waals surface area contributed by atoms with Gasteiger partial charge in [-0.3, -0.25) is 4.79 Å². The number of carbonyl (C=O) groups is 2. The topological polar surface area (TPSA) is 80.3 Å². The van der Waals surface area contributed by atoms with Gasteiger partial charge in [-0.1, -0.05) is 45.2 Å². The Balaban J connectivity index is 0. The number of alkyl carbamates (subject to hydrolysis) is 1. The minimum atomic E-state index is -0.684. The van der Waals surface area contributed by atoms with Crippen LogP contribution in [-0.2, 0) is 9.53 Å². The molecule has 170 valence electrons. The third-order valence-electron chi connectivity index (χ3n) is 3.42. The number of nitrogens with zero attached hydrogens (tertiary/aromatic N) is 1. The number of nitrogens with one attached hydrogen (secondary N) is 2. The van der Waals surface area contributed by atoms with Crippen LogP contribution in [0.4, 0.5) is 9.93 Å². The predicted octanol–water partition coefficient (Wildman–Crippen LogP) is 5.78. The Morgan fingerprint density at radius 3 is 2.40 bits per heavy atom. The fraction of sp³-hybridized carbons (Fsp3) is 0.476. The molecule has 1 aromatic carbocycles. The van der Waals surface area contributed by atoms with Gasteiger partial charge in [-0.2, -0.15) is 25.3 Å². The lowest BCUT2D eigenvalue weighted by Gasteiger charge is -2.23. The summed E-state index contributed by atoms with van der Waals surface area (Å²) in [5, 5.41) is 7.85. The first-order valence-corrected chi connectivity index (χ1v) is 10.9. The molecule has 0 fully saturated rings. The molecule has 0 spiro atoms. The second-order valence-electron chi connectivity index (χ2n) is 6.87. The van der Waals surface area contributed by atoms with Crippen molar-refractivity contribution in [3.05, 3.63) is 35.7 Å². The van der Waals surface area contributed by atoms with Crippen LogP contribution in [0.1, 0.15) is 42.0 Å². The Hall–Kier alpha value is -1.71. The molecular weight excluding hydrogens is 438 g/mol. The first-order chi connectivity index (χ1) is 12.8. The van der Waals surface area contributed by atoms with E-state index in [0.717, 1.165) is 17.0 Å². The number of thiazole rings is 1. The zero-order valence-electron chi connectivity index (χ0n) is 16.4. The number of hydrogen-bond donors (Lipinski definition) is 2. The number of anilines is 1. The van der Waals surface area contributed by atoms with Crippen molar-refractivity contribution in [2.75, 3.05) is 17.3 Å². The van der Waals surface area contributed by atoms with Crippen LogP contribution >= 0.6 is 36.6 Å². The molecule has 0 aliphatic heterocycles. The number of amides is 2. The zero-order valence-corrected chi connectivity index (χ0v) is 19.1. The quantitative estimate of drug-likeness (QED) is 0.533. The highest BCUT2D eigenvalue weighted by molar-refractivity contribution is 7.98. The smallest absolute Gasteiger partial charge is 0.408 e. The maximum atomic E-state index is 12.6. The summed E-state index contributed by atoms with van der Waals surface area (Å²) in [5.74, 6) is 0.435. The number of rotatable bonds is 7. The molecule has 1 aromatic heterocycles. The maximum absolute atomic E-state index is 12.6. The first kappa shape index (κ1) is 30.5. The van der Waals surface area contributed by atoms with Gasteiger partial charge in [-0.05, 0) is 39.2 Å². The highest BCUT2D eigenvalue weighted by Gasteiger charge is 2.24. The van der Waals surface area contributed by atoms with E-state index >= 15 is 0 Å². The summed E-state index contributed by atoms with van der Waals surface area (Å²) in [6.45, 7) is 5.35. The summed E-state index contributed by atoms with van der Waals surface area (Å²) in [7, 11) is 0. The van der Waals surface area contributed by atoms with E-state index in [9.17, 15) is 9.59 Å².